The number of aliphatic hydroxyl groups is 1. The van der Waals surface area contributed by atoms with Crippen LogP contribution in [0.1, 0.15) is 26.7 Å². The van der Waals surface area contributed by atoms with Crippen molar-refractivity contribution in [2.45, 2.75) is 37.1 Å². The smallest absolute Gasteiger partial charge is 0.319 e. The van der Waals surface area contributed by atoms with Crippen LogP contribution in [0.15, 0.2) is 29.2 Å². The van der Waals surface area contributed by atoms with E-state index in [-0.39, 0.29) is 18.2 Å². The van der Waals surface area contributed by atoms with Crippen molar-refractivity contribution >= 4 is 23.5 Å². The minimum Gasteiger partial charge on any atom is -0.396 e. The fourth-order valence-corrected chi connectivity index (χ4v) is 2.09. The molecule has 0 saturated heterocycles. The van der Waals surface area contributed by atoms with Gasteiger partial charge in [0.25, 0.3) is 0 Å². The molecule has 0 aliphatic heterocycles. The zero-order valence-corrected chi connectivity index (χ0v) is 12.5. The van der Waals surface area contributed by atoms with Crippen LogP contribution >= 0.6 is 11.8 Å². The van der Waals surface area contributed by atoms with E-state index in [4.69, 9.17) is 5.11 Å². The largest absolute Gasteiger partial charge is 0.396 e. The molecule has 0 heterocycles. The first-order valence-electron chi connectivity index (χ1n) is 6.37. The van der Waals surface area contributed by atoms with E-state index in [0.717, 1.165) is 17.0 Å². The second-order valence-corrected chi connectivity index (χ2v) is 5.58. The van der Waals surface area contributed by atoms with Crippen molar-refractivity contribution in [3.05, 3.63) is 24.3 Å². The van der Waals surface area contributed by atoms with Gasteiger partial charge in [0.15, 0.2) is 0 Å². The second-order valence-electron chi connectivity index (χ2n) is 4.70. The third-order valence-electron chi connectivity index (χ3n) is 3.21. The van der Waals surface area contributed by atoms with E-state index < -0.39 is 0 Å². The van der Waals surface area contributed by atoms with Crippen molar-refractivity contribution in [1.29, 1.82) is 0 Å². The number of aliphatic hydroxyl groups excluding tert-OH is 1. The normalized spacial score (nSPS) is 13.7. The van der Waals surface area contributed by atoms with Crippen LogP contribution < -0.4 is 10.6 Å². The number of urea groups is 1. The first kappa shape index (κ1) is 15.9. The van der Waals surface area contributed by atoms with Gasteiger partial charge in [-0.15, -0.1) is 11.8 Å². The molecule has 1 atom stereocenters. The molecule has 1 aromatic rings. The summed E-state index contributed by atoms with van der Waals surface area (Å²) >= 11 is 1.66. The van der Waals surface area contributed by atoms with Crippen molar-refractivity contribution in [2.24, 2.45) is 0 Å². The molecule has 0 spiro atoms. The van der Waals surface area contributed by atoms with Crippen LogP contribution in [0.4, 0.5) is 10.5 Å². The van der Waals surface area contributed by atoms with Crippen molar-refractivity contribution in [1.82, 2.24) is 5.32 Å². The average Bonchev–Trinajstić information content (AvgIpc) is 2.39. The van der Waals surface area contributed by atoms with Crippen molar-refractivity contribution < 1.29 is 9.90 Å². The third-order valence-corrected chi connectivity index (χ3v) is 3.95. The van der Waals surface area contributed by atoms with Crippen LogP contribution in [0.3, 0.4) is 0 Å². The molecule has 0 aliphatic rings. The number of carbonyl (C=O) groups is 1. The molecule has 4 nitrogen and oxygen atoms in total. The molecule has 0 bridgehead atoms. The van der Waals surface area contributed by atoms with Crippen molar-refractivity contribution in [2.75, 3.05) is 18.2 Å². The monoisotopic (exact) mass is 282 g/mol. The van der Waals surface area contributed by atoms with Crippen molar-refractivity contribution in [3.63, 3.8) is 0 Å². The standard InChI is InChI=1S/C14H22N2O2S/c1-4-14(2,9-10-17)16-13(18)15-11-5-7-12(19-3)8-6-11/h5-8,17H,4,9-10H2,1-3H3,(H2,15,16,18). The zero-order chi connectivity index (χ0) is 14.3. The van der Waals surface area contributed by atoms with Gasteiger partial charge in [0.2, 0.25) is 0 Å². The van der Waals surface area contributed by atoms with Crippen LogP contribution in [-0.2, 0) is 0 Å². The highest BCUT2D eigenvalue weighted by Crippen LogP contribution is 2.18. The molecule has 0 fully saturated rings. The first-order chi connectivity index (χ1) is 9.03. The van der Waals surface area contributed by atoms with E-state index >= 15 is 0 Å². The van der Waals surface area contributed by atoms with E-state index in [1.165, 1.54) is 0 Å². The number of hydrogen-bond donors (Lipinski definition) is 3. The third kappa shape index (κ3) is 5.12. The average molecular weight is 282 g/mol. The van der Waals surface area contributed by atoms with Crippen LogP contribution in [0.25, 0.3) is 0 Å². The van der Waals surface area contributed by atoms with Crippen LogP contribution in [-0.4, -0.2) is 29.5 Å². The SMILES string of the molecule is CCC(C)(CCO)NC(=O)Nc1ccc(SC)cc1. The molecule has 3 N–H and O–H groups in total. The molecule has 1 aromatic carbocycles. The van der Waals surface area contributed by atoms with Gasteiger partial charge in [-0.3, -0.25) is 0 Å². The quantitative estimate of drug-likeness (QED) is 0.703. The van der Waals surface area contributed by atoms with E-state index in [1.54, 1.807) is 11.8 Å². The minimum absolute atomic E-state index is 0.0625. The fourth-order valence-electron chi connectivity index (χ4n) is 1.69. The molecular weight excluding hydrogens is 260 g/mol. The summed E-state index contributed by atoms with van der Waals surface area (Å²) in [5, 5.41) is 14.7. The molecule has 19 heavy (non-hydrogen) atoms. The Morgan fingerprint density at radius 3 is 2.47 bits per heavy atom. The molecule has 2 amide bonds. The van der Waals surface area contributed by atoms with Crippen LogP contribution in [0.5, 0.6) is 0 Å². The topological polar surface area (TPSA) is 61.4 Å². The summed E-state index contributed by atoms with van der Waals surface area (Å²) in [4.78, 5) is 13.1. The summed E-state index contributed by atoms with van der Waals surface area (Å²) in [6.45, 7) is 3.98. The van der Waals surface area contributed by atoms with Crippen molar-refractivity contribution in [3.8, 4) is 0 Å². The molecule has 0 saturated carbocycles. The number of hydrogen-bond acceptors (Lipinski definition) is 3. The van der Waals surface area contributed by atoms with Gasteiger partial charge in [-0.1, -0.05) is 6.92 Å². The number of rotatable bonds is 6. The van der Waals surface area contributed by atoms with Gasteiger partial charge in [0.1, 0.15) is 0 Å². The number of thioether (sulfide) groups is 1. The van der Waals surface area contributed by atoms with Gasteiger partial charge >= 0.3 is 6.03 Å². The highest BCUT2D eigenvalue weighted by atomic mass is 32.2. The lowest BCUT2D eigenvalue weighted by Gasteiger charge is -2.29. The van der Waals surface area contributed by atoms with Crippen LogP contribution in [0, 0.1) is 0 Å². The Labute approximate surface area is 119 Å². The van der Waals surface area contributed by atoms with Crippen LogP contribution in [0.2, 0.25) is 0 Å². The predicted octanol–water partition coefficient (Wildman–Crippen LogP) is 3.08. The highest BCUT2D eigenvalue weighted by Gasteiger charge is 2.23. The Morgan fingerprint density at radius 1 is 1.37 bits per heavy atom. The lowest BCUT2D eigenvalue weighted by molar-refractivity contribution is 0.208. The lowest BCUT2D eigenvalue weighted by Crippen LogP contribution is -2.48. The second kappa shape index (κ2) is 7.40. The molecule has 1 rings (SSSR count). The number of benzene rings is 1. The fraction of sp³-hybridized carbons (Fsp3) is 0.500. The van der Waals surface area contributed by atoms with Gasteiger partial charge in [0.05, 0.1) is 0 Å². The Hall–Kier alpha value is -1.20. The Morgan fingerprint density at radius 2 is 2.00 bits per heavy atom. The minimum atomic E-state index is -0.377. The summed E-state index contributed by atoms with van der Waals surface area (Å²) in [6.07, 6.45) is 3.32. The van der Waals surface area contributed by atoms with Gasteiger partial charge < -0.3 is 15.7 Å². The first-order valence-corrected chi connectivity index (χ1v) is 7.59. The Bertz CT molecular complexity index is 408. The van der Waals surface area contributed by atoms with E-state index in [2.05, 4.69) is 10.6 Å². The number of anilines is 1. The van der Waals surface area contributed by atoms with Gasteiger partial charge in [-0.05, 0) is 50.3 Å². The summed E-state index contributed by atoms with van der Waals surface area (Å²) in [5.41, 5.74) is 0.385. The maximum atomic E-state index is 11.9. The molecule has 106 valence electrons. The van der Waals surface area contributed by atoms with Gasteiger partial charge in [-0.25, -0.2) is 4.79 Å². The summed E-state index contributed by atoms with van der Waals surface area (Å²) in [5.74, 6) is 0. The predicted molar refractivity (Wildman–Crippen MR) is 80.8 cm³/mol. The maximum absolute atomic E-state index is 11.9. The highest BCUT2D eigenvalue weighted by molar-refractivity contribution is 7.98. The van der Waals surface area contributed by atoms with E-state index in [0.29, 0.717) is 6.42 Å². The van der Waals surface area contributed by atoms with E-state index in [9.17, 15) is 4.79 Å². The molecule has 5 heteroatoms. The summed E-state index contributed by atoms with van der Waals surface area (Å²) in [7, 11) is 0. The number of carbonyl (C=O) groups excluding carboxylic acids is 1. The number of amides is 2. The Kier molecular flexibility index (Phi) is 6.18. The van der Waals surface area contributed by atoms with E-state index in [1.807, 2.05) is 44.4 Å². The summed E-state index contributed by atoms with van der Waals surface area (Å²) in [6, 6.07) is 7.44. The zero-order valence-electron chi connectivity index (χ0n) is 11.7. The molecular formula is C14H22N2O2S. The number of nitrogens with one attached hydrogen (secondary N) is 2. The summed E-state index contributed by atoms with van der Waals surface area (Å²) < 4.78 is 0. The molecule has 0 aliphatic carbocycles. The maximum Gasteiger partial charge on any atom is 0.319 e. The van der Waals surface area contributed by atoms with Gasteiger partial charge in [-0.2, -0.15) is 0 Å². The lowest BCUT2D eigenvalue weighted by atomic mass is 9.95. The molecule has 0 radical (unpaired) electrons. The molecule has 0 aromatic heterocycles. The van der Waals surface area contributed by atoms with Gasteiger partial charge in [0, 0.05) is 22.7 Å². The molecule has 1 unspecified atom stereocenters. The Balaban J connectivity index is 2.58.